The Bertz CT molecular complexity index is 1250. The van der Waals surface area contributed by atoms with Crippen molar-refractivity contribution in [2.75, 3.05) is 26.8 Å². The Kier molecular flexibility index (Phi) is 6.52. The molecule has 3 aliphatic rings. The number of H-pyrrole nitrogens is 1. The van der Waals surface area contributed by atoms with Crippen LogP contribution in [0, 0.1) is 5.41 Å². The number of hydrogen-bond donors (Lipinski definition) is 1. The SMILES string of the molecule is COc1ccc2cc([C@@H](c3nnnn3C[C@H]3CCCO3)N3CCCC4(CCCCC4)C3)c(=O)[nH]c2c1. The molecule has 0 radical (unpaired) electrons. The normalized spacial score (nSPS) is 23.3. The topological polar surface area (TPSA) is 98.2 Å². The molecule has 192 valence electrons. The van der Waals surface area contributed by atoms with Gasteiger partial charge in [0.05, 0.1) is 25.3 Å². The Morgan fingerprint density at radius 2 is 2.03 bits per heavy atom. The zero-order valence-corrected chi connectivity index (χ0v) is 21.1. The van der Waals surface area contributed by atoms with Gasteiger partial charge in [-0.1, -0.05) is 19.3 Å². The molecular weight excluding hydrogens is 456 g/mol. The van der Waals surface area contributed by atoms with Gasteiger partial charge in [0.1, 0.15) is 11.8 Å². The van der Waals surface area contributed by atoms with Crippen molar-refractivity contribution in [2.45, 2.75) is 76.5 Å². The van der Waals surface area contributed by atoms with Crippen LogP contribution >= 0.6 is 0 Å². The van der Waals surface area contributed by atoms with Crippen LogP contribution in [0.3, 0.4) is 0 Å². The Hall–Kier alpha value is -2.78. The summed E-state index contributed by atoms with van der Waals surface area (Å²) in [5.74, 6) is 1.45. The molecule has 2 saturated heterocycles. The predicted octanol–water partition coefficient (Wildman–Crippen LogP) is 3.84. The van der Waals surface area contributed by atoms with Gasteiger partial charge >= 0.3 is 0 Å². The van der Waals surface area contributed by atoms with E-state index in [0.717, 1.165) is 61.4 Å². The number of rotatable bonds is 6. The summed E-state index contributed by atoms with van der Waals surface area (Å²) in [5, 5.41) is 13.9. The van der Waals surface area contributed by atoms with Gasteiger partial charge < -0.3 is 14.5 Å². The van der Waals surface area contributed by atoms with Crippen molar-refractivity contribution in [1.82, 2.24) is 30.1 Å². The number of likely N-dealkylation sites (tertiary alicyclic amines) is 1. The maximum atomic E-state index is 13.6. The van der Waals surface area contributed by atoms with Crippen molar-refractivity contribution in [3.8, 4) is 5.75 Å². The summed E-state index contributed by atoms with van der Waals surface area (Å²) >= 11 is 0. The van der Waals surface area contributed by atoms with Gasteiger partial charge in [0.2, 0.25) is 0 Å². The Labute approximate surface area is 211 Å². The van der Waals surface area contributed by atoms with E-state index in [1.165, 1.54) is 38.5 Å². The smallest absolute Gasteiger partial charge is 0.253 e. The van der Waals surface area contributed by atoms with Gasteiger partial charge in [-0.25, -0.2) is 4.68 Å². The van der Waals surface area contributed by atoms with Crippen LogP contribution in [-0.2, 0) is 11.3 Å². The Morgan fingerprint density at radius 1 is 1.17 bits per heavy atom. The summed E-state index contributed by atoms with van der Waals surface area (Å²) in [6, 6.07) is 7.51. The average molecular weight is 493 g/mol. The van der Waals surface area contributed by atoms with Gasteiger partial charge in [0.25, 0.3) is 5.56 Å². The lowest BCUT2D eigenvalue weighted by Crippen LogP contribution is -2.47. The second-order valence-electron chi connectivity index (χ2n) is 10.9. The standard InChI is InChI=1S/C27H36N6O3/c1-35-20-9-8-19-15-22(26(34)28-23(19)16-20)24(25-29-30-31-33(25)17-21-7-5-14-36-21)32-13-6-12-27(18-32)10-3-2-4-11-27/h8-9,15-16,21,24H,2-7,10-14,17-18H2,1H3,(H,28,34)/t21-,24+/m1/s1. The van der Waals surface area contributed by atoms with Gasteiger partial charge in [-0.05, 0) is 84.5 Å². The molecule has 2 atom stereocenters. The van der Waals surface area contributed by atoms with E-state index in [1.54, 1.807) is 7.11 Å². The van der Waals surface area contributed by atoms with E-state index in [-0.39, 0.29) is 17.7 Å². The molecule has 3 aromatic rings. The third-order valence-electron chi connectivity index (χ3n) is 8.55. The Balaban J connectivity index is 1.43. The number of nitrogens with zero attached hydrogens (tertiary/aromatic N) is 5. The molecule has 1 saturated carbocycles. The van der Waals surface area contributed by atoms with Crippen molar-refractivity contribution in [2.24, 2.45) is 5.41 Å². The van der Waals surface area contributed by atoms with Gasteiger partial charge in [-0.3, -0.25) is 9.69 Å². The maximum Gasteiger partial charge on any atom is 0.253 e. The number of methoxy groups -OCH3 is 1. The third kappa shape index (κ3) is 4.54. The number of aromatic nitrogens is 5. The van der Waals surface area contributed by atoms with Crippen LogP contribution in [-0.4, -0.2) is 63.0 Å². The highest BCUT2D eigenvalue weighted by Gasteiger charge is 2.41. The number of ether oxygens (including phenoxy) is 2. The van der Waals surface area contributed by atoms with Crippen molar-refractivity contribution >= 4 is 10.9 Å². The molecule has 9 nitrogen and oxygen atoms in total. The molecule has 4 heterocycles. The summed E-state index contributed by atoms with van der Waals surface area (Å²) in [4.78, 5) is 19.2. The summed E-state index contributed by atoms with van der Waals surface area (Å²) < 4.78 is 13.1. The quantitative estimate of drug-likeness (QED) is 0.558. The van der Waals surface area contributed by atoms with E-state index in [9.17, 15) is 4.79 Å². The molecule has 1 aliphatic carbocycles. The second-order valence-corrected chi connectivity index (χ2v) is 10.9. The van der Waals surface area contributed by atoms with E-state index >= 15 is 0 Å². The van der Waals surface area contributed by atoms with Gasteiger partial charge in [-0.2, -0.15) is 0 Å². The summed E-state index contributed by atoms with van der Waals surface area (Å²) in [6.45, 7) is 3.30. The molecular formula is C27H36N6O3. The van der Waals surface area contributed by atoms with Crippen LogP contribution in [0.5, 0.6) is 5.75 Å². The fourth-order valence-electron chi connectivity index (χ4n) is 6.72. The van der Waals surface area contributed by atoms with E-state index in [4.69, 9.17) is 9.47 Å². The molecule has 0 bridgehead atoms. The maximum absolute atomic E-state index is 13.6. The highest BCUT2D eigenvalue weighted by atomic mass is 16.5. The highest BCUT2D eigenvalue weighted by molar-refractivity contribution is 5.80. The zero-order chi connectivity index (χ0) is 24.5. The second kappa shape index (κ2) is 9.94. The molecule has 0 amide bonds. The van der Waals surface area contributed by atoms with E-state index in [0.29, 0.717) is 17.5 Å². The van der Waals surface area contributed by atoms with Crippen LogP contribution in [0.2, 0.25) is 0 Å². The first kappa shape index (κ1) is 23.6. The molecule has 6 rings (SSSR count). The van der Waals surface area contributed by atoms with Crippen LogP contribution in [0.1, 0.15) is 75.2 Å². The third-order valence-corrected chi connectivity index (χ3v) is 8.55. The monoisotopic (exact) mass is 492 g/mol. The number of piperidine rings is 1. The van der Waals surface area contributed by atoms with Gasteiger partial charge in [0, 0.05) is 24.8 Å². The minimum atomic E-state index is -0.309. The molecule has 2 aliphatic heterocycles. The summed E-state index contributed by atoms with van der Waals surface area (Å²) in [7, 11) is 1.63. The van der Waals surface area contributed by atoms with Crippen molar-refractivity contribution < 1.29 is 9.47 Å². The van der Waals surface area contributed by atoms with Crippen molar-refractivity contribution in [3.05, 3.63) is 46.0 Å². The number of pyridine rings is 1. The minimum absolute atomic E-state index is 0.101. The van der Waals surface area contributed by atoms with Crippen LogP contribution in [0.15, 0.2) is 29.1 Å². The Morgan fingerprint density at radius 3 is 2.83 bits per heavy atom. The van der Waals surface area contributed by atoms with Crippen LogP contribution in [0.25, 0.3) is 10.9 Å². The lowest BCUT2D eigenvalue weighted by Gasteiger charge is -2.47. The van der Waals surface area contributed by atoms with Crippen LogP contribution < -0.4 is 10.3 Å². The van der Waals surface area contributed by atoms with Crippen LogP contribution in [0.4, 0.5) is 0 Å². The lowest BCUT2D eigenvalue weighted by molar-refractivity contribution is 0.0326. The van der Waals surface area contributed by atoms with Crippen molar-refractivity contribution in [1.29, 1.82) is 0 Å². The fourth-order valence-corrected chi connectivity index (χ4v) is 6.72. The number of tetrazole rings is 1. The first-order chi connectivity index (χ1) is 17.6. The van der Waals surface area contributed by atoms with Gasteiger partial charge in [0.15, 0.2) is 5.82 Å². The molecule has 0 unspecified atom stereocenters. The molecule has 3 fully saturated rings. The molecule has 2 aromatic heterocycles. The average Bonchev–Trinajstić information content (AvgIpc) is 3.58. The number of hydrogen-bond acceptors (Lipinski definition) is 7. The molecule has 1 aromatic carbocycles. The molecule has 1 spiro atoms. The number of nitrogens with one attached hydrogen (secondary N) is 1. The summed E-state index contributed by atoms with van der Waals surface area (Å²) in [6.07, 6.45) is 11.1. The number of benzene rings is 1. The number of fused-ring (bicyclic) bond motifs is 1. The molecule has 9 heteroatoms. The highest BCUT2D eigenvalue weighted by Crippen LogP contribution is 2.45. The van der Waals surface area contributed by atoms with E-state index in [1.807, 2.05) is 28.9 Å². The largest absolute Gasteiger partial charge is 0.497 e. The first-order valence-corrected chi connectivity index (χ1v) is 13.5. The lowest BCUT2D eigenvalue weighted by atomic mass is 9.69. The van der Waals surface area contributed by atoms with Gasteiger partial charge in [-0.15, -0.1) is 5.10 Å². The van der Waals surface area contributed by atoms with E-state index < -0.39 is 0 Å². The van der Waals surface area contributed by atoms with Crippen molar-refractivity contribution in [3.63, 3.8) is 0 Å². The zero-order valence-electron chi connectivity index (χ0n) is 21.1. The predicted molar refractivity (Wildman–Crippen MR) is 136 cm³/mol. The van der Waals surface area contributed by atoms with E-state index in [2.05, 4.69) is 25.4 Å². The molecule has 36 heavy (non-hydrogen) atoms. The minimum Gasteiger partial charge on any atom is -0.497 e. The number of aromatic amines is 1. The summed E-state index contributed by atoms with van der Waals surface area (Å²) in [5.41, 5.74) is 1.70. The molecule has 1 N–H and O–H groups in total. The first-order valence-electron chi connectivity index (χ1n) is 13.5. The fraction of sp³-hybridized carbons (Fsp3) is 0.630.